The SMILES string of the molecule is Cc1cn2c(n1)C(C#N)=CC(C)(NC(=O)c1ccc(N3CCC(N(C(=O)OC(C)(C)C)C4CC4)CC3)c3cncnc13)C2. The highest BCUT2D eigenvalue weighted by atomic mass is 16.6. The number of benzene rings is 1. The lowest BCUT2D eigenvalue weighted by atomic mass is 9.94. The predicted molar refractivity (Wildman–Crippen MR) is 162 cm³/mol. The number of carbonyl (C=O) groups excluding carboxylic acids is 2. The van der Waals surface area contributed by atoms with Gasteiger partial charge in [0.1, 0.15) is 18.0 Å². The number of ether oxygens (including phenoxy) is 1. The summed E-state index contributed by atoms with van der Waals surface area (Å²) < 4.78 is 7.66. The summed E-state index contributed by atoms with van der Waals surface area (Å²) in [5.41, 5.74) is 1.92. The van der Waals surface area contributed by atoms with Crippen molar-refractivity contribution in [3.63, 3.8) is 0 Å². The molecule has 2 amide bonds. The lowest BCUT2D eigenvalue weighted by Crippen LogP contribution is -2.50. The van der Waals surface area contributed by atoms with E-state index >= 15 is 0 Å². The molecule has 2 fully saturated rings. The largest absolute Gasteiger partial charge is 0.444 e. The number of amides is 2. The van der Waals surface area contributed by atoms with Gasteiger partial charge in [-0.3, -0.25) is 4.79 Å². The van der Waals surface area contributed by atoms with E-state index in [1.54, 1.807) is 12.3 Å². The Morgan fingerprint density at radius 2 is 1.88 bits per heavy atom. The van der Waals surface area contributed by atoms with E-state index < -0.39 is 11.1 Å². The minimum Gasteiger partial charge on any atom is -0.444 e. The van der Waals surface area contributed by atoms with E-state index in [0.29, 0.717) is 29.0 Å². The fourth-order valence-electron chi connectivity index (χ4n) is 6.32. The summed E-state index contributed by atoms with van der Waals surface area (Å²) >= 11 is 0. The van der Waals surface area contributed by atoms with Crippen molar-refractivity contribution in [2.24, 2.45) is 0 Å². The number of piperidine rings is 1. The Balaban J connectivity index is 1.20. The average Bonchev–Trinajstić information content (AvgIpc) is 3.71. The number of rotatable bonds is 5. The van der Waals surface area contributed by atoms with Crippen molar-refractivity contribution in [3.05, 3.63) is 54.0 Å². The molecule has 3 aliphatic rings. The maximum absolute atomic E-state index is 13.7. The van der Waals surface area contributed by atoms with E-state index in [4.69, 9.17) is 4.74 Å². The Labute approximate surface area is 251 Å². The molecular formula is C32H38N8O3. The first-order valence-electron chi connectivity index (χ1n) is 14.9. The summed E-state index contributed by atoms with van der Waals surface area (Å²) in [6.45, 7) is 11.5. The molecule has 1 aromatic carbocycles. The van der Waals surface area contributed by atoms with Gasteiger partial charge in [0.15, 0.2) is 5.82 Å². The lowest BCUT2D eigenvalue weighted by Gasteiger charge is -2.40. The third-order valence-electron chi connectivity index (χ3n) is 8.26. The number of nitrogens with zero attached hydrogens (tertiary/aromatic N) is 7. The van der Waals surface area contributed by atoms with Gasteiger partial charge in [0.25, 0.3) is 5.91 Å². The number of hydrogen-bond donors (Lipinski definition) is 1. The molecule has 0 spiro atoms. The molecule has 1 unspecified atom stereocenters. The monoisotopic (exact) mass is 582 g/mol. The average molecular weight is 583 g/mol. The zero-order valence-electron chi connectivity index (χ0n) is 25.4. The number of carbonyl (C=O) groups is 2. The van der Waals surface area contributed by atoms with Gasteiger partial charge in [-0.2, -0.15) is 5.26 Å². The molecule has 2 aliphatic heterocycles. The molecule has 11 nitrogen and oxygen atoms in total. The van der Waals surface area contributed by atoms with Crippen molar-refractivity contribution in [3.8, 4) is 6.07 Å². The van der Waals surface area contributed by atoms with Crippen LogP contribution in [0.25, 0.3) is 16.5 Å². The number of aromatic nitrogens is 4. The molecule has 1 saturated carbocycles. The Hall–Kier alpha value is -4.46. The number of nitrogens with one attached hydrogen (secondary N) is 1. The van der Waals surface area contributed by atoms with Crippen LogP contribution in [0, 0.1) is 18.3 Å². The molecule has 3 aromatic rings. The van der Waals surface area contributed by atoms with Gasteiger partial charge in [-0.05, 0) is 78.5 Å². The van der Waals surface area contributed by atoms with Crippen molar-refractivity contribution < 1.29 is 14.3 Å². The van der Waals surface area contributed by atoms with E-state index in [1.165, 1.54) is 6.33 Å². The fraction of sp³-hybridized carbons (Fsp3) is 0.500. The quantitative estimate of drug-likeness (QED) is 0.462. The van der Waals surface area contributed by atoms with Crippen molar-refractivity contribution in [1.29, 1.82) is 5.26 Å². The third kappa shape index (κ3) is 5.78. The van der Waals surface area contributed by atoms with Crippen LogP contribution in [0.1, 0.15) is 75.3 Å². The summed E-state index contributed by atoms with van der Waals surface area (Å²) in [6, 6.07) is 6.41. The Morgan fingerprint density at radius 3 is 2.56 bits per heavy atom. The molecular weight excluding hydrogens is 544 g/mol. The van der Waals surface area contributed by atoms with Crippen LogP contribution in [0.2, 0.25) is 0 Å². The van der Waals surface area contributed by atoms with E-state index in [9.17, 15) is 14.9 Å². The van der Waals surface area contributed by atoms with Crippen molar-refractivity contribution >= 4 is 34.2 Å². The van der Waals surface area contributed by atoms with E-state index in [1.807, 2.05) is 62.4 Å². The van der Waals surface area contributed by atoms with Crippen LogP contribution < -0.4 is 10.2 Å². The maximum atomic E-state index is 13.7. The van der Waals surface area contributed by atoms with Gasteiger partial charge in [0, 0.05) is 48.6 Å². The van der Waals surface area contributed by atoms with E-state index in [-0.39, 0.29) is 24.1 Å². The topological polar surface area (TPSA) is 129 Å². The third-order valence-corrected chi connectivity index (χ3v) is 8.26. The normalized spacial score (nSPS) is 20.7. The smallest absolute Gasteiger partial charge is 0.410 e. The van der Waals surface area contributed by atoms with Crippen molar-refractivity contribution in [2.45, 2.75) is 90.1 Å². The van der Waals surface area contributed by atoms with Crippen LogP contribution in [0.15, 0.2) is 36.9 Å². The summed E-state index contributed by atoms with van der Waals surface area (Å²) in [4.78, 5) is 44.3. The van der Waals surface area contributed by atoms with Crippen LogP contribution in [0.4, 0.5) is 10.5 Å². The molecule has 4 heterocycles. The van der Waals surface area contributed by atoms with Gasteiger partial charge in [0.2, 0.25) is 0 Å². The summed E-state index contributed by atoms with van der Waals surface area (Å²) in [7, 11) is 0. The maximum Gasteiger partial charge on any atom is 0.410 e. The summed E-state index contributed by atoms with van der Waals surface area (Å²) in [5, 5.41) is 13.7. The molecule has 1 N–H and O–H groups in total. The first-order chi connectivity index (χ1) is 20.4. The highest BCUT2D eigenvalue weighted by molar-refractivity contribution is 6.09. The predicted octanol–water partition coefficient (Wildman–Crippen LogP) is 4.61. The highest BCUT2D eigenvalue weighted by Crippen LogP contribution is 2.36. The molecule has 1 atom stereocenters. The molecule has 0 radical (unpaired) electrons. The molecule has 11 heteroatoms. The zero-order valence-corrected chi connectivity index (χ0v) is 25.4. The second kappa shape index (κ2) is 10.7. The lowest BCUT2D eigenvalue weighted by molar-refractivity contribution is 0.0114. The van der Waals surface area contributed by atoms with Crippen LogP contribution in [-0.2, 0) is 11.3 Å². The minimum atomic E-state index is -0.788. The number of imidazole rings is 1. The Kier molecular flexibility index (Phi) is 7.11. The number of allylic oxidation sites excluding steroid dienone is 1. The van der Waals surface area contributed by atoms with Gasteiger partial charge >= 0.3 is 6.09 Å². The molecule has 224 valence electrons. The second-order valence-electron chi connectivity index (χ2n) is 13.1. The van der Waals surface area contributed by atoms with Crippen molar-refractivity contribution in [1.82, 2.24) is 29.7 Å². The van der Waals surface area contributed by atoms with Crippen LogP contribution in [0.5, 0.6) is 0 Å². The summed E-state index contributed by atoms with van der Waals surface area (Å²) in [6.07, 6.45) is 10.4. The first-order valence-corrected chi connectivity index (χ1v) is 14.9. The van der Waals surface area contributed by atoms with Gasteiger partial charge in [-0.25, -0.2) is 19.7 Å². The van der Waals surface area contributed by atoms with Gasteiger partial charge < -0.3 is 24.4 Å². The number of hydrogen-bond acceptors (Lipinski definition) is 8. The summed E-state index contributed by atoms with van der Waals surface area (Å²) in [5.74, 6) is 0.340. The molecule has 1 aliphatic carbocycles. The Morgan fingerprint density at radius 1 is 1.16 bits per heavy atom. The number of anilines is 1. The molecule has 43 heavy (non-hydrogen) atoms. The Bertz CT molecular complexity index is 1650. The van der Waals surface area contributed by atoms with Crippen LogP contribution in [0.3, 0.4) is 0 Å². The molecule has 0 bridgehead atoms. The van der Waals surface area contributed by atoms with Gasteiger partial charge in [-0.1, -0.05) is 0 Å². The fourth-order valence-corrected chi connectivity index (χ4v) is 6.32. The minimum absolute atomic E-state index is 0.133. The van der Waals surface area contributed by atoms with E-state index in [0.717, 1.165) is 55.5 Å². The second-order valence-corrected chi connectivity index (χ2v) is 13.1. The molecule has 1 saturated heterocycles. The highest BCUT2D eigenvalue weighted by Gasteiger charge is 2.41. The zero-order chi connectivity index (χ0) is 30.5. The molecule has 2 aromatic heterocycles. The number of nitriles is 1. The standard InChI is InChI=1S/C32H38N8O3/c1-20-17-39-18-32(5,14-21(15-33)28(39)36-20)37-29(41)24-8-9-26(25-16-34-19-35-27(24)25)38-12-10-23(11-13-38)40(22-6-7-22)30(42)43-31(2,3)4/h8-9,14,16-17,19,22-23H,6-7,10-13,18H2,1-5H3,(H,37,41). The number of fused-ring (bicyclic) bond motifs is 2. The van der Waals surface area contributed by atoms with Crippen molar-refractivity contribution in [2.75, 3.05) is 18.0 Å². The van der Waals surface area contributed by atoms with Crippen LogP contribution in [-0.4, -0.2) is 72.7 Å². The van der Waals surface area contributed by atoms with Crippen LogP contribution >= 0.6 is 0 Å². The first kappa shape index (κ1) is 28.6. The molecule has 6 rings (SSSR count). The van der Waals surface area contributed by atoms with E-state index in [2.05, 4.69) is 31.2 Å². The van der Waals surface area contributed by atoms with Gasteiger partial charge in [-0.15, -0.1) is 0 Å². The number of aryl methyl sites for hydroxylation is 1. The van der Waals surface area contributed by atoms with Gasteiger partial charge in [0.05, 0.1) is 34.4 Å².